The van der Waals surface area contributed by atoms with Gasteiger partial charge >= 0.3 is 0 Å². The quantitative estimate of drug-likeness (QED) is 0.331. The number of hydrogen-bond donors (Lipinski definition) is 4. The summed E-state index contributed by atoms with van der Waals surface area (Å²) in [4.78, 5) is 10.2. The minimum atomic E-state index is -1.51. The van der Waals surface area contributed by atoms with Crippen molar-refractivity contribution in [1.82, 2.24) is 0 Å². The van der Waals surface area contributed by atoms with Crippen LogP contribution in [-0.2, 0) is 4.79 Å². The second-order valence-corrected chi connectivity index (χ2v) is 2.70. The summed E-state index contributed by atoms with van der Waals surface area (Å²) in [7, 11) is 0. The van der Waals surface area contributed by atoms with Crippen LogP contribution in [0.15, 0.2) is 11.6 Å². The fraction of sp³-hybridized carbons (Fsp3) is 0.571. The molecule has 0 unspecified atom stereocenters. The molecule has 0 aromatic rings. The predicted octanol–water partition coefficient (Wildman–Crippen LogP) is -2.43. The van der Waals surface area contributed by atoms with E-state index >= 15 is 0 Å². The molecule has 0 saturated heterocycles. The van der Waals surface area contributed by atoms with Crippen molar-refractivity contribution < 1.29 is 25.2 Å². The van der Waals surface area contributed by atoms with E-state index in [9.17, 15) is 4.79 Å². The fourth-order valence-electron chi connectivity index (χ4n) is 1.09. The summed E-state index contributed by atoms with van der Waals surface area (Å²) in [5, 5.41) is 36.2. The summed E-state index contributed by atoms with van der Waals surface area (Å²) < 4.78 is 0. The molecular formula is C7H10O5. The summed E-state index contributed by atoms with van der Waals surface area (Å²) in [6, 6.07) is 0. The molecule has 0 bridgehead atoms. The highest BCUT2D eigenvalue weighted by Crippen LogP contribution is 2.18. The lowest BCUT2D eigenvalue weighted by atomic mass is 9.90. The van der Waals surface area contributed by atoms with Gasteiger partial charge in [0.25, 0.3) is 0 Å². The van der Waals surface area contributed by atoms with Crippen molar-refractivity contribution in [2.45, 2.75) is 24.4 Å². The number of aliphatic hydroxyl groups excluding tert-OH is 4. The zero-order chi connectivity index (χ0) is 9.30. The number of hydrogen-bond acceptors (Lipinski definition) is 5. The van der Waals surface area contributed by atoms with Gasteiger partial charge in [0.05, 0.1) is 0 Å². The average molecular weight is 174 g/mol. The molecule has 5 heteroatoms. The average Bonchev–Trinajstić information content (AvgIpc) is 2.08. The topological polar surface area (TPSA) is 98.0 Å². The van der Waals surface area contributed by atoms with E-state index < -0.39 is 24.4 Å². The molecule has 0 spiro atoms. The number of aliphatic hydroxyl groups is 4. The molecular weight excluding hydrogens is 164 g/mol. The Morgan fingerprint density at radius 3 is 2.25 bits per heavy atom. The zero-order valence-corrected chi connectivity index (χ0v) is 6.16. The lowest BCUT2D eigenvalue weighted by Crippen LogP contribution is -2.48. The van der Waals surface area contributed by atoms with Crippen molar-refractivity contribution in [3.8, 4) is 0 Å². The van der Waals surface area contributed by atoms with Gasteiger partial charge in [0.15, 0.2) is 0 Å². The summed E-state index contributed by atoms with van der Waals surface area (Å²) >= 11 is 0. The van der Waals surface area contributed by atoms with Gasteiger partial charge in [-0.15, -0.1) is 0 Å². The first-order chi connectivity index (χ1) is 5.57. The molecule has 4 N–H and O–H groups in total. The normalized spacial score (nSPS) is 42.2. The molecule has 0 heterocycles. The maximum Gasteiger partial charge on any atom is 0.148 e. The van der Waals surface area contributed by atoms with Crippen LogP contribution in [-0.4, -0.2) is 51.1 Å². The highest BCUT2D eigenvalue weighted by atomic mass is 16.4. The van der Waals surface area contributed by atoms with E-state index in [1.165, 1.54) is 0 Å². The van der Waals surface area contributed by atoms with Crippen molar-refractivity contribution in [3.63, 3.8) is 0 Å². The van der Waals surface area contributed by atoms with E-state index in [0.29, 0.717) is 6.29 Å². The molecule has 0 saturated carbocycles. The van der Waals surface area contributed by atoms with Gasteiger partial charge < -0.3 is 20.4 Å². The molecule has 0 aliphatic heterocycles. The Hall–Kier alpha value is -0.750. The highest BCUT2D eigenvalue weighted by Gasteiger charge is 2.36. The Morgan fingerprint density at radius 2 is 1.75 bits per heavy atom. The van der Waals surface area contributed by atoms with E-state index in [-0.39, 0.29) is 5.57 Å². The second kappa shape index (κ2) is 3.32. The third kappa shape index (κ3) is 1.39. The molecule has 0 fully saturated rings. The van der Waals surface area contributed by atoms with Crippen LogP contribution in [0.4, 0.5) is 0 Å². The van der Waals surface area contributed by atoms with Crippen molar-refractivity contribution in [3.05, 3.63) is 11.6 Å². The first-order valence-corrected chi connectivity index (χ1v) is 3.47. The van der Waals surface area contributed by atoms with Crippen molar-refractivity contribution in [2.75, 3.05) is 0 Å². The molecule has 0 radical (unpaired) electrons. The minimum absolute atomic E-state index is 0.111. The number of carbonyl (C=O) groups excluding carboxylic acids is 1. The van der Waals surface area contributed by atoms with Gasteiger partial charge in [-0.25, -0.2) is 0 Å². The third-order valence-corrected chi connectivity index (χ3v) is 1.86. The molecule has 0 aromatic heterocycles. The van der Waals surface area contributed by atoms with E-state index in [4.69, 9.17) is 20.4 Å². The van der Waals surface area contributed by atoms with Crippen molar-refractivity contribution in [2.24, 2.45) is 0 Å². The van der Waals surface area contributed by atoms with E-state index in [1.54, 1.807) is 0 Å². The second-order valence-electron chi connectivity index (χ2n) is 2.70. The van der Waals surface area contributed by atoms with Crippen LogP contribution >= 0.6 is 0 Å². The van der Waals surface area contributed by atoms with Gasteiger partial charge in [-0.2, -0.15) is 0 Å². The van der Waals surface area contributed by atoms with Crippen molar-refractivity contribution >= 4 is 6.29 Å². The molecule has 68 valence electrons. The smallest absolute Gasteiger partial charge is 0.148 e. The maximum atomic E-state index is 10.2. The van der Waals surface area contributed by atoms with Crippen LogP contribution in [0.5, 0.6) is 0 Å². The minimum Gasteiger partial charge on any atom is -0.387 e. The lowest BCUT2D eigenvalue weighted by Gasteiger charge is -2.30. The standard InChI is InChI=1S/C7H10O5/c8-2-3-1-4(9)6(11)7(12)5(3)10/h1-2,4-7,9-12H/t4-,5+,6-,7+/m1/s1. The maximum absolute atomic E-state index is 10.2. The number of aldehydes is 1. The molecule has 0 aromatic carbocycles. The van der Waals surface area contributed by atoms with E-state index in [2.05, 4.69) is 0 Å². The van der Waals surface area contributed by atoms with Gasteiger partial charge in [0.1, 0.15) is 30.7 Å². The van der Waals surface area contributed by atoms with Crippen LogP contribution in [0.2, 0.25) is 0 Å². The first kappa shape index (κ1) is 9.34. The summed E-state index contributed by atoms with van der Waals surface area (Å²) in [6.45, 7) is 0. The van der Waals surface area contributed by atoms with Crippen LogP contribution in [0.3, 0.4) is 0 Å². The van der Waals surface area contributed by atoms with E-state index in [1.807, 2.05) is 0 Å². The zero-order valence-electron chi connectivity index (χ0n) is 6.16. The number of rotatable bonds is 1. The van der Waals surface area contributed by atoms with Crippen LogP contribution < -0.4 is 0 Å². The SMILES string of the molecule is O=CC1=C[C@@H](O)[C@@H](O)[C@@H](O)[C@H]1O. The summed E-state index contributed by atoms with van der Waals surface area (Å²) in [6.07, 6.45) is -4.31. The Morgan fingerprint density at radius 1 is 1.17 bits per heavy atom. The molecule has 4 atom stereocenters. The monoisotopic (exact) mass is 174 g/mol. The fourth-order valence-corrected chi connectivity index (χ4v) is 1.09. The van der Waals surface area contributed by atoms with Crippen LogP contribution in [0, 0.1) is 0 Å². The van der Waals surface area contributed by atoms with Crippen LogP contribution in [0.25, 0.3) is 0 Å². The molecule has 1 rings (SSSR count). The van der Waals surface area contributed by atoms with Gasteiger partial charge in [-0.1, -0.05) is 0 Å². The Kier molecular flexibility index (Phi) is 2.58. The van der Waals surface area contributed by atoms with Gasteiger partial charge in [0.2, 0.25) is 0 Å². The molecule has 5 nitrogen and oxygen atoms in total. The molecule has 12 heavy (non-hydrogen) atoms. The third-order valence-electron chi connectivity index (χ3n) is 1.86. The Bertz CT molecular complexity index is 212. The highest BCUT2D eigenvalue weighted by molar-refractivity contribution is 5.75. The van der Waals surface area contributed by atoms with Gasteiger partial charge in [-0.05, 0) is 6.08 Å². The lowest BCUT2D eigenvalue weighted by molar-refractivity contribution is -0.113. The molecule has 1 aliphatic rings. The largest absolute Gasteiger partial charge is 0.387 e. The number of carbonyl (C=O) groups is 1. The first-order valence-electron chi connectivity index (χ1n) is 3.47. The molecule has 0 amide bonds. The van der Waals surface area contributed by atoms with Crippen LogP contribution in [0.1, 0.15) is 0 Å². The predicted molar refractivity (Wildman–Crippen MR) is 38.2 cm³/mol. The van der Waals surface area contributed by atoms with E-state index in [0.717, 1.165) is 6.08 Å². The van der Waals surface area contributed by atoms with Crippen molar-refractivity contribution in [1.29, 1.82) is 0 Å². The summed E-state index contributed by atoms with van der Waals surface area (Å²) in [5.74, 6) is 0. The van der Waals surface area contributed by atoms with Gasteiger partial charge in [0, 0.05) is 5.57 Å². The Balaban J connectivity index is 2.91. The van der Waals surface area contributed by atoms with Gasteiger partial charge in [-0.3, -0.25) is 4.79 Å². The Labute approximate surface area is 68.6 Å². The molecule has 1 aliphatic carbocycles. The summed E-state index contributed by atoms with van der Waals surface area (Å²) in [5.41, 5.74) is -0.111.